The first-order valence-corrected chi connectivity index (χ1v) is 39.1. The zero-order valence-corrected chi connectivity index (χ0v) is 68.4. The van der Waals surface area contributed by atoms with Crippen molar-refractivity contribution >= 4 is 65.1 Å². The fourth-order valence-corrected chi connectivity index (χ4v) is 11.6. The maximum absolute atomic E-state index is 12.0. The van der Waals surface area contributed by atoms with Crippen LogP contribution in [0.1, 0.15) is 190 Å². The molecule has 15 rings (SSSR count). The van der Waals surface area contributed by atoms with Crippen LogP contribution in [0.25, 0.3) is 0 Å². The van der Waals surface area contributed by atoms with Crippen molar-refractivity contribution in [2.45, 2.75) is 51.4 Å². The second-order valence-corrected chi connectivity index (χ2v) is 27.4. The molecule has 0 aliphatic rings. The minimum absolute atomic E-state index is 0.0110. The zero-order valence-electron chi connectivity index (χ0n) is 68.4. The van der Waals surface area contributed by atoms with Gasteiger partial charge in [0.2, 0.25) is 5.78 Å². The molecule has 0 aliphatic heterocycles. The summed E-state index contributed by atoms with van der Waals surface area (Å²) in [4.78, 5) is 153. The van der Waals surface area contributed by atoms with Gasteiger partial charge in [-0.05, 0) is 240 Å². The summed E-state index contributed by atoms with van der Waals surface area (Å²) in [7, 11) is 0. The molecule has 27 heteroatoms. The highest BCUT2D eigenvalue weighted by Crippen LogP contribution is 2.19. The Hall–Kier alpha value is -17.5. The van der Waals surface area contributed by atoms with Gasteiger partial charge in [-0.1, -0.05) is 115 Å². The quantitative estimate of drug-likeness (QED) is 0.0233. The van der Waals surface area contributed by atoms with Crippen LogP contribution in [-0.2, 0) is 36.9 Å². The molecule has 8 N–H and O–H groups in total. The summed E-state index contributed by atoms with van der Waals surface area (Å²) in [5, 5.41) is 70.2. The van der Waals surface area contributed by atoms with Crippen molar-refractivity contribution in [3.63, 3.8) is 0 Å². The Morgan fingerprint density at radius 1 is 0.219 bits per heavy atom. The van der Waals surface area contributed by atoms with Gasteiger partial charge in [0.15, 0.2) is 11.6 Å². The number of pyridine rings is 8. The molecule has 0 radical (unpaired) electrons. The van der Waals surface area contributed by atoms with Gasteiger partial charge >= 0.3 is 47.8 Å². The van der Waals surface area contributed by atoms with Crippen molar-refractivity contribution in [1.29, 1.82) is 0 Å². The number of rotatable bonds is 26. The van der Waals surface area contributed by atoms with Crippen LogP contribution in [0.4, 0.5) is 0 Å². The van der Waals surface area contributed by atoms with Gasteiger partial charge in [-0.3, -0.25) is 59.0 Å². The molecule has 0 amide bonds. The molecule has 0 saturated heterocycles. The first kappa shape index (κ1) is 96.0. The van der Waals surface area contributed by atoms with Crippen molar-refractivity contribution in [2.75, 3.05) is 0 Å². The number of aromatic nitrogens is 8. The van der Waals surface area contributed by atoms with Gasteiger partial charge in [0.05, 0.1) is 38.9 Å². The molecule has 8 aromatic heterocycles. The lowest BCUT2D eigenvalue weighted by molar-refractivity contribution is -0.137. The highest BCUT2D eigenvalue weighted by Gasteiger charge is 2.19. The number of carboxylic acid groups (broad SMARTS) is 8. The number of hydrogen-bond acceptors (Lipinski definition) is 19. The van der Waals surface area contributed by atoms with Crippen LogP contribution in [0, 0.1) is 0 Å². The summed E-state index contributed by atoms with van der Waals surface area (Å²) in [6, 6.07) is 81.2. The predicted molar refractivity (Wildman–Crippen MR) is 474 cm³/mol. The average molecular weight is 1710 g/mol. The number of carbonyl (C=O) groups is 11. The average Bonchev–Trinajstić information content (AvgIpc) is 0.829. The Morgan fingerprint density at radius 3 is 1.01 bits per heavy atom. The number of nitrogens with zero attached hydrogens (tertiary/aromatic N) is 8. The van der Waals surface area contributed by atoms with E-state index in [4.69, 9.17) is 40.9 Å². The van der Waals surface area contributed by atoms with E-state index < -0.39 is 47.8 Å². The first-order chi connectivity index (χ1) is 61.8. The molecule has 27 nitrogen and oxygen atoms in total. The lowest BCUT2D eigenvalue weighted by Gasteiger charge is -2.03. The topological polar surface area (TPSA) is 453 Å². The Kier molecular flexibility index (Phi) is 39.0. The molecule has 0 bridgehead atoms. The Morgan fingerprint density at radius 2 is 0.586 bits per heavy atom. The maximum atomic E-state index is 12.0. The number of hydrogen-bond donors (Lipinski definition) is 8. The van der Waals surface area contributed by atoms with E-state index in [1.54, 1.807) is 189 Å². The third-order valence-electron chi connectivity index (χ3n) is 18.0. The fraction of sp³-hybridized carbons (Fsp3) is 0.0792. The van der Waals surface area contributed by atoms with Crippen LogP contribution in [0.5, 0.6) is 0 Å². The Labute approximate surface area is 734 Å². The van der Waals surface area contributed by atoms with Gasteiger partial charge in [-0.25, -0.2) is 33.6 Å². The lowest BCUT2D eigenvalue weighted by atomic mass is 10.0. The van der Waals surface area contributed by atoms with Crippen LogP contribution in [0.15, 0.2) is 366 Å². The molecular weight excluding hydrogens is 1630 g/mol. The molecule has 0 aliphatic carbocycles. The largest absolute Gasteiger partial charge is 0.481 e. The van der Waals surface area contributed by atoms with E-state index in [-0.39, 0.29) is 52.6 Å². The molecule has 7 aromatic carbocycles. The molecule has 8 heterocycles. The third-order valence-corrected chi connectivity index (χ3v) is 18.0. The van der Waals surface area contributed by atoms with E-state index in [0.717, 1.165) is 81.6 Å². The molecule has 642 valence electrons. The minimum atomic E-state index is -1.12. The van der Waals surface area contributed by atoms with Gasteiger partial charge in [0.1, 0.15) is 5.69 Å². The Bertz CT molecular complexity index is 5800. The van der Waals surface area contributed by atoms with E-state index in [1.807, 2.05) is 128 Å². The van der Waals surface area contributed by atoms with Crippen molar-refractivity contribution in [2.24, 2.45) is 0 Å². The predicted octanol–water partition coefficient (Wildman–Crippen LogP) is 17.4. The number of benzene rings is 7. The number of aromatic carboxylic acids is 7. The highest BCUT2D eigenvalue weighted by molar-refractivity contribution is 6.13. The van der Waals surface area contributed by atoms with Crippen LogP contribution < -0.4 is 0 Å². The van der Waals surface area contributed by atoms with E-state index >= 15 is 0 Å². The SMILES string of the molecule is O=C(O)CCCC(=O)c1cccnc1.O=C(O)c1ccc(Cc2ccccn2)cc1.O=C(O)c1ccc(Cc2cccnc2)cc1.O=C(O)c1ccc(Cc2ccncc2)cc1.O=C(O)c1cccc(C(=O)c2ccncc2)c1.O=C(O)c1cccc(Cc2ccccn2)c1.O=C(O)c1cccc(Cc2ccncc2)c1.O=C(O)c1ccccc1C(=O)c1ccccn1. The molecule has 0 fully saturated rings. The van der Waals surface area contributed by atoms with Gasteiger partial charge in [-0.15, -0.1) is 0 Å². The van der Waals surface area contributed by atoms with Gasteiger partial charge in [-0.2, -0.15) is 0 Å². The summed E-state index contributed by atoms with van der Waals surface area (Å²) in [5.41, 5.74) is 13.9. The second kappa shape index (κ2) is 52.0. The van der Waals surface area contributed by atoms with Crippen LogP contribution >= 0.6 is 0 Å². The molecule has 0 saturated carbocycles. The van der Waals surface area contributed by atoms with Crippen molar-refractivity contribution in [3.05, 3.63) is 488 Å². The normalized spacial score (nSPS) is 9.94. The summed E-state index contributed by atoms with van der Waals surface area (Å²) in [6.07, 6.45) is 26.0. The molecule has 128 heavy (non-hydrogen) atoms. The Balaban J connectivity index is 0.000000181. The van der Waals surface area contributed by atoms with E-state index in [0.29, 0.717) is 57.3 Å². The number of carboxylic acids is 8. The first-order valence-electron chi connectivity index (χ1n) is 39.1. The third kappa shape index (κ3) is 34.2. The highest BCUT2D eigenvalue weighted by atomic mass is 16.4. The monoisotopic (exact) mass is 1710 g/mol. The number of ketones is 3. The van der Waals surface area contributed by atoms with Crippen LogP contribution in [-0.4, -0.2) is 146 Å². The molecule has 15 aromatic rings. The van der Waals surface area contributed by atoms with Crippen molar-refractivity contribution < 1.29 is 93.6 Å². The molecule has 0 unspecified atom stereocenters. The zero-order chi connectivity index (χ0) is 91.8. The summed E-state index contributed by atoms with van der Waals surface area (Å²) in [5.74, 6) is -8.17. The molecule has 0 atom stereocenters. The van der Waals surface area contributed by atoms with Gasteiger partial charge in [0, 0.05) is 140 Å². The second-order valence-electron chi connectivity index (χ2n) is 27.4. The van der Waals surface area contributed by atoms with Gasteiger partial charge < -0.3 is 40.9 Å². The van der Waals surface area contributed by atoms with Crippen LogP contribution in [0.2, 0.25) is 0 Å². The van der Waals surface area contributed by atoms with Gasteiger partial charge in [0.25, 0.3) is 0 Å². The maximum Gasteiger partial charge on any atom is 0.336 e. The number of aliphatic carboxylic acids is 1. The van der Waals surface area contributed by atoms with E-state index in [1.165, 1.54) is 49.1 Å². The van der Waals surface area contributed by atoms with Crippen LogP contribution in [0.3, 0.4) is 0 Å². The summed E-state index contributed by atoms with van der Waals surface area (Å²) in [6.45, 7) is 0. The molecule has 0 spiro atoms. The number of Topliss-reactive ketones (excluding diaryl/α,β-unsaturated/α-hetero) is 1. The number of carbonyl (C=O) groups excluding carboxylic acids is 3. The fourth-order valence-electron chi connectivity index (χ4n) is 11.6. The minimum Gasteiger partial charge on any atom is -0.481 e. The smallest absolute Gasteiger partial charge is 0.336 e. The standard InChI is InChI=1S/2C13H9NO3.5C13H11NO2.C10H11NO3/c15-12(11-7-3-4-8-14-11)9-5-1-2-6-10(9)13(16)17;15-12(9-4-6-14-7-5-9)10-2-1-3-11(8-10)13(16)17;15-13(16)12-3-1-10(2-4-12)9-11-5-7-14-8-6-11;15-13(16)12-5-3-10(4-6-12)8-11-2-1-7-14-9-11;15-13(16)11-5-3-4-10(8-11)9-12-6-1-2-7-14-12;15-13(16)12-3-1-2-11(9-12)8-10-4-6-14-7-5-10;15-13(16)11-6-4-10(5-7-11)9-12-3-1-2-8-14-12;12-9(4-1-5-10(13)14)8-3-2-6-11-7-8/h2*1-8H,(H,16,17);1-8H,9H2,(H,15,16);1-7,9H,8H2,(H,15,16);1-8H,9H2,(H,15,16);1-7,9H,8H2,(H,15,16);1-8H,9H2,(H,15,16);2-3,6-7H,1,4-5H2,(H,13,14). The molecular formula is C101H84N8O19. The van der Waals surface area contributed by atoms with E-state index in [9.17, 15) is 52.7 Å². The van der Waals surface area contributed by atoms with E-state index in [2.05, 4.69) is 39.9 Å². The summed E-state index contributed by atoms with van der Waals surface area (Å²) >= 11 is 0. The lowest BCUT2D eigenvalue weighted by Crippen LogP contribution is -2.10. The van der Waals surface area contributed by atoms with Crippen molar-refractivity contribution in [1.82, 2.24) is 39.9 Å². The summed E-state index contributed by atoms with van der Waals surface area (Å²) < 4.78 is 0. The van der Waals surface area contributed by atoms with Crippen molar-refractivity contribution in [3.8, 4) is 0 Å².